The molecule has 1 amide bonds. The molecule has 0 aromatic heterocycles. The highest BCUT2D eigenvalue weighted by molar-refractivity contribution is 9.10. The van der Waals surface area contributed by atoms with E-state index in [0.717, 1.165) is 31.2 Å². The van der Waals surface area contributed by atoms with Gasteiger partial charge in [0.2, 0.25) is 0 Å². The molecule has 29 heavy (non-hydrogen) atoms. The van der Waals surface area contributed by atoms with E-state index in [-0.39, 0.29) is 18.6 Å². The first-order chi connectivity index (χ1) is 14.0. The maximum absolute atomic E-state index is 13.2. The maximum atomic E-state index is 13.2. The van der Waals surface area contributed by atoms with E-state index in [2.05, 4.69) is 21.9 Å². The van der Waals surface area contributed by atoms with Crippen LogP contribution in [0.25, 0.3) is 6.08 Å². The van der Waals surface area contributed by atoms with Gasteiger partial charge in [-0.25, -0.2) is 0 Å². The van der Waals surface area contributed by atoms with Gasteiger partial charge < -0.3 is 14.4 Å². The summed E-state index contributed by atoms with van der Waals surface area (Å²) >= 11 is 9.12. The molecule has 0 N–H and O–H groups in total. The molecule has 1 saturated heterocycles. The van der Waals surface area contributed by atoms with Crippen molar-refractivity contribution in [1.82, 2.24) is 9.80 Å². The fourth-order valence-electron chi connectivity index (χ4n) is 3.78. The molecule has 1 aliphatic carbocycles. The summed E-state index contributed by atoms with van der Waals surface area (Å²) in [6.07, 6.45) is 12.7. The Morgan fingerprint density at radius 2 is 2.03 bits per heavy atom. The fourth-order valence-corrected chi connectivity index (χ4v) is 4.69. The van der Waals surface area contributed by atoms with E-state index >= 15 is 0 Å². The molecule has 0 spiro atoms. The van der Waals surface area contributed by atoms with Crippen molar-refractivity contribution in [1.29, 1.82) is 0 Å². The highest BCUT2D eigenvalue weighted by Gasteiger charge is 2.40. The second-order valence-electron chi connectivity index (χ2n) is 7.09. The average Bonchev–Trinajstić information content (AvgIpc) is 2.91. The second kappa shape index (κ2) is 9.64. The number of amides is 1. The average molecular weight is 477 g/mol. The van der Waals surface area contributed by atoms with E-state index in [9.17, 15) is 4.79 Å². The molecule has 1 aromatic rings. The number of hydrogen-bond acceptors (Lipinski definition) is 4. The summed E-state index contributed by atoms with van der Waals surface area (Å²) in [5, 5.41) is 0.575. The van der Waals surface area contributed by atoms with Crippen molar-refractivity contribution in [2.45, 2.75) is 45.1 Å². The summed E-state index contributed by atoms with van der Waals surface area (Å²) in [4.78, 5) is 16.8. The first kappa shape index (κ1) is 21.7. The minimum absolute atomic E-state index is 0.0360. The van der Waals surface area contributed by atoms with Gasteiger partial charge >= 0.3 is 0 Å². The molecule has 0 unspecified atom stereocenters. The molecule has 1 heterocycles. The van der Waals surface area contributed by atoms with Gasteiger partial charge in [-0.05, 0) is 71.7 Å². The first-order valence-corrected chi connectivity index (χ1v) is 11.0. The SMILES string of the molecule is C#CCOc1c(Br)cc(/C=C2/C(=O)N(C3CCCCC3)C(=S)N2C)cc1OCC. The van der Waals surface area contributed by atoms with Gasteiger partial charge in [0.25, 0.3) is 5.91 Å². The van der Waals surface area contributed by atoms with Gasteiger partial charge in [0.15, 0.2) is 16.6 Å². The van der Waals surface area contributed by atoms with Crippen LogP contribution in [0, 0.1) is 12.3 Å². The second-order valence-corrected chi connectivity index (χ2v) is 8.31. The van der Waals surface area contributed by atoms with E-state index < -0.39 is 0 Å². The maximum Gasteiger partial charge on any atom is 0.277 e. The van der Waals surface area contributed by atoms with E-state index in [1.807, 2.05) is 32.2 Å². The lowest BCUT2D eigenvalue weighted by atomic mass is 9.94. The quantitative estimate of drug-likeness (QED) is 0.341. The summed E-state index contributed by atoms with van der Waals surface area (Å²) in [6, 6.07) is 3.93. The minimum Gasteiger partial charge on any atom is -0.490 e. The molecule has 5 nitrogen and oxygen atoms in total. The highest BCUT2D eigenvalue weighted by Crippen LogP contribution is 2.38. The molecule has 1 aromatic carbocycles. The normalized spacial score (nSPS) is 19.0. The lowest BCUT2D eigenvalue weighted by molar-refractivity contribution is -0.124. The van der Waals surface area contributed by atoms with Crippen molar-refractivity contribution in [3.05, 3.63) is 27.9 Å². The minimum atomic E-state index is -0.0360. The third-order valence-electron chi connectivity index (χ3n) is 5.17. The monoisotopic (exact) mass is 476 g/mol. The van der Waals surface area contributed by atoms with Gasteiger partial charge in [-0.3, -0.25) is 9.69 Å². The number of rotatable bonds is 6. The predicted octanol–water partition coefficient (Wildman–Crippen LogP) is 4.59. The smallest absolute Gasteiger partial charge is 0.277 e. The molecule has 154 valence electrons. The zero-order valence-electron chi connectivity index (χ0n) is 16.7. The topological polar surface area (TPSA) is 42.0 Å². The van der Waals surface area contributed by atoms with Crippen LogP contribution < -0.4 is 9.47 Å². The highest BCUT2D eigenvalue weighted by atomic mass is 79.9. The zero-order valence-corrected chi connectivity index (χ0v) is 19.1. The number of hydrogen-bond donors (Lipinski definition) is 0. The summed E-state index contributed by atoms with van der Waals surface area (Å²) in [7, 11) is 1.85. The first-order valence-electron chi connectivity index (χ1n) is 9.83. The van der Waals surface area contributed by atoms with Gasteiger partial charge in [0, 0.05) is 13.1 Å². The number of carbonyl (C=O) groups excluding carboxylic acids is 1. The molecule has 0 radical (unpaired) electrons. The van der Waals surface area contributed by atoms with Gasteiger partial charge in [0.1, 0.15) is 12.3 Å². The Hall–Kier alpha value is -2.04. The number of thiocarbonyl (C=S) groups is 1. The molecule has 2 aliphatic rings. The van der Waals surface area contributed by atoms with Gasteiger partial charge in [0.05, 0.1) is 11.1 Å². The van der Waals surface area contributed by atoms with E-state index in [0.29, 0.717) is 33.4 Å². The van der Waals surface area contributed by atoms with Crippen molar-refractivity contribution >= 4 is 45.2 Å². The van der Waals surface area contributed by atoms with Gasteiger partial charge in [-0.1, -0.05) is 25.2 Å². The van der Waals surface area contributed by atoms with Crippen LogP contribution >= 0.6 is 28.1 Å². The Morgan fingerprint density at radius 3 is 2.69 bits per heavy atom. The lowest BCUT2D eigenvalue weighted by Crippen LogP contribution is -2.41. The summed E-state index contributed by atoms with van der Waals surface area (Å²) in [6.45, 7) is 2.53. The molecule has 7 heteroatoms. The molecule has 1 saturated carbocycles. The van der Waals surface area contributed by atoms with E-state index in [1.165, 1.54) is 6.42 Å². The Labute approximate surface area is 186 Å². The van der Waals surface area contributed by atoms with Crippen LogP contribution in [0.3, 0.4) is 0 Å². The van der Waals surface area contributed by atoms with Crippen LogP contribution in [-0.2, 0) is 4.79 Å². The molecular formula is C22H25BrN2O3S. The lowest BCUT2D eigenvalue weighted by Gasteiger charge is -2.30. The third-order valence-corrected chi connectivity index (χ3v) is 6.23. The van der Waals surface area contributed by atoms with Crippen molar-refractivity contribution in [2.24, 2.45) is 0 Å². The van der Waals surface area contributed by atoms with E-state index in [1.54, 1.807) is 9.80 Å². The van der Waals surface area contributed by atoms with Gasteiger partial charge in [-0.15, -0.1) is 6.42 Å². The molecule has 3 rings (SSSR count). The van der Waals surface area contributed by atoms with Crippen molar-refractivity contribution in [3.63, 3.8) is 0 Å². The number of ether oxygens (including phenoxy) is 2. The number of halogens is 1. The van der Waals surface area contributed by atoms with Crippen molar-refractivity contribution in [2.75, 3.05) is 20.3 Å². The van der Waals surface area contributed by atoms with E-state index in [4.69, 9.17) is 28.1 Å². The Balaban J connectivity index is 1.93. The largest absolute Gasteiger partial charge is 0.490 e. The molecule has 1 aliphatic heterocycles. The standard InChI is InChI=1S/C22H25BrN2O3S/c1-4-11-28-20-17(23)12-15(14-19(20)27-5-2)13-18-21(26)25(22(29)24(18)3)16-9-7-6-8-10-16/h1,12-14,16H,5-11H2,2-3H3/b18-13-. The molecule has 2 fully saturated rings. The predicted molar refractivity (Wildman–Crippen MR) is 122 cm³/mol. The number of benzene rings is 1. The number of terminal acetylenes is 1. The van der Waals surface area contributed by atoms with Crippen LogP contribution in [0.2, 0.25) is 0 Å². The summed E-state index contributed by atoms with van der Waals surface area (Å²) in [5.41, 5.74) is 1.38. The molecule has 0 atom stereocenters. The Kier molecular flexibility index (Phi) is 7.20. The van der Waals surface area contributed by atoms with Crippen LogP contribution in [0.4, 0.5) is 0 Å². The van der Waals surface area contributed by atoms with Crippen molar-refractivity contribution in [3.8, 4) is 23.8 Å². The van der Waals surface area contributed by atoms with Crippen LogP contribution in [-0.4, -0.2) is 47.1 Å². The molecule has 0 bridgehead atoms. The fraction of sp³-hybridized carbons (Fsp3) is 0.455. The number of carbonyl (C=O) groups is 1. The van der Waals surface area contributed by atoms with Gasteiger partial charge in [-0.2, -0.15) is 0 Å². The zero-order chi connectivity index (χ0) is 21.0. The third kappa shape index (κ3) is 4.59. The van der Waals surface area contributed by atoms with Crippen LogP contribution in [0.1, 0.15) is 44.6 Å². The Bertz CT molecular complexity index is 872. The summed E-state index contributed by atoms with van der Waals surface area (Å²) < 4.78 is 12.1. The summed E-state index contributed by atoms with van der Waals surface area (Å²) in [5.74, 6) is 3.55. The van der Waals surface area contributed by atoms with Crippen LogP contribution in [0.15, 0.2) is 22.3 Å². The van der Waals surface area contributed by atoms with Crippen LogP contribution in [0.5, 0.6) is 11.5 Å². The Morgan fingerprint density at radius 1 is 1.31 bits per heavy atom. The number of likely N-dealkylation sites (N-methyl/N-ethyl adjacent to an activating group) is 1. The number of nitrogens with zero attached hydrogens (tertiary/aromatic N) is 2. The van der Waals surface area contributed by atoms with Crippen molar-refractivity contribution < 1.29 is 14.3 Å². The molecular weight excluding hydrogens is 452 g/mol.